The molecule has 2 aliphatic rings. The van der Waals surface area contributed by atoms with Crippen molar-refractivity contribution in [2.45, 2.75) is 50.9 Å². The molecule has 4 aromatic carbocycles. The van der Waals surface area contributed by atoms with Crippen LogP contribution in [0.2, 0.25) is 0 Å². The highest BCUT2D eigenvalue weighted by Gasteiger charge is 2.24. The Labute approximate surface area is 167 Å². The molecule has 1 atom stereocenters. The first-order valence-electron chi connectivity index (χ1n) is 10.9. The zero-order chi connectivity index (χ0) is 18.5. The minimum atomic E-state index is 0.480. The van der Waals surface area contributed by atoms with Gasteiger partial charge in [-0.05, 0) is 100 Å². The SMILES string of the molecule is [c]1c(C2CCCc3c2ccc2ccccc32)ccc2c3c(ccc12)CCCC3. The lowest BCUT2D eigenvalue weighted by Crippen LogP contribution is -2.12. The summed E-state index contributed by atoms with van der Waals surface area (Å²) < 4.78 is 0. The van der Waals surface area contributed by atoms with Crippen LogP contribution in [-0.4, -0.2) is 0 Å². The molecule has 0 heteroatoms. The van der Waals surface area contributed by atoms with Gasteiger partial charge in [0.25, 0.3) is 0 Å². The third-order valence-electron chi connectivity index (χ3n) is 7.03. The van der Waals surface area contributed by atoms with E-state index in [1.807, 2.05) is 0 Å². The first-order valence-corrected chi connectivity index (χ1v) is 10.9. The highest BCUT2D eigenvalue weighted by atomic mass is 14.3. The van der Waals surface area contributed by atoms with Crippen molar-refractivity contribution in [3.05, 3.63) is 94.5 Å². The van der Waals surface area contributed by atoms with Crippen LogP contribution in [0.4, 0.5) is 0 Å². The summed E-state index contributed by atoms with van der Waals surface area (Å²) in [4.78, 5) is 0. The first-order chi connectivity index (χ1) is 13.9. The maximum Gasteiger partial charge on any atom is 0.00987 e. The number of fused-ring (bicyclic) bond motifs is 6. The molecular formula is C28H25. The molecule has 4 aromatic rings. The van der Waals surface area contributed by atoms with E-state index in [2.05, 4.69) is 66.7 Å². The molecular weight excluding hydrogens is 336 g/mol. The van der Waals surface area contributed by atoms with Crippen LogP contribution in [0.25, 0.3) is 21.5 Å². The van der Waals surface area contributed by atoms with Gasteiger partial charge in [0.05, 0.1) is 0 Å². The van der Waals surface area contributed by atoms with E-state index in [4.69, 9.17) is 0 Å². The van der Waals surface area contributed by atoms with Crippen molar-refractivity contribution in [1.82, 2.24) is 0 Å². The van der Waals surface area contributed by atoms with Crippen LogP contribution < -0.4 is 0 Å². The van der Waals surface area contributed by atoms with Crippen molar-refractivity contribution >= 4 is 21.5 Å². The lowest BCUT2D eigenvalue weighted by atomic mass is 9.76. The molecule has 0 heterocycles. The smallest absolute Gasteiger partial charge is 0.00987 e. The summed E-state index contributed by atoms with van der Waals surface area (Å²) in [6.07, 6.45) is 8.85. The highest BCUT2D eigenvalue weighted by molar-refractivity contribution is 5.89. The third-order valence-corrected chi connectivity index (χ3v) is 7.03. The van der Waals surface area contributed by atoms with Gasteiger partial charge in [-0.1, -0.05) is 60.7 Å². The fraction of sp³-hybridized carbons (Fsp3) is 0.286. The monoisotopic (exact) mass is 361 g/mol. The van der Waals surface area contributed by atoms with Gasteiger partial charge in [0.15, 0.2) is 0 Å². The number of aryl methyl sites for hydroxylation is 3. The van der Waals surface area contributed by atoms with E-state index in [-0.39, 0.29) is 0 Å². The van der Waals surface area contributed by atoms with E-state index in [1.54, 1.807) is 16.7 Å². The molecule has 1 unspecified atom stereocenters. The van der Waals surface area contributed by atoms with E-state index < -0.39 is 0 Å². The van der Waals surface area contributed by atoms with E-state index >= 15 is 0 Å². The Morgan fingerprint density at radius 2 is 1.57 bits per heavy atom. The Kier molecular flexibility index (Phi) is 3.79. The summed E-state index contributed by atoms with van der Waals surface area (Å²) in [6, 6.07) is 26.8. The van der Waals surface area contributed by atoms with E-state index in [9.17, 15) is 0 Å². The molecule has 0 nitrogen and oxygen atoms in total. The summed E-state index contributed by atoms with van der Waals surface area (Å²) >= 11 is 0. The topological polar surface area (TPSA) is 0 Å². The largest absolute Gasteiger partial charge is 0.0616 e. The molecule has 28 heavy (non-hydrogen) atoms. The average molecular weight is 362 g/mol. The standard InChI is InChI=1S/C28H25/c1-3-8-23-19(6-1)12-13-21-18-22(15-16-26(21)23)25-10-5-11-27-24-9-4-2-7-20(24)14-17-28(25)27/h2,4,7,9,12-17,25H,1,3,5-6,8,10-11H2. The van der Waals surface area contributed by atoms with Crippen molar-refractivity contribution in [2.75, 3.05) is 0 Å². The molecule has 0 spiro atoms. The van der Waals surface area contributed by atoms with Crippen LogP contribution in [0.1, 0.15) is 59.4 Å². The van der Waals surface area contributed by atoms with Crippen LogP contribution in [0.3, 0.4) is 0 Å². The second kappa shape index (κ2) is 6.48. The maximum atomic E-state index is 3.84. The van der Waals surface area contributed by atoms with Gasteiger partial charge < -0.3 is 0 Å². The number of benzene rings is 4. The van der Waals surface area contributed by atoms with Crippen LogP contribution >= 0.6 is 0 Å². The van der Waals surface area contributed by atoms with Gasteiger partial charge in [0.1, 0.15) is 0 Å². The molecule has 0 aromatic heterocycles. The average Bonchev–Trinajstić information content (AvgIpc) is 2.78. The fourth-order valence-electron chi connectivity index (χ4n) is 5.65. The van der Waals surface area contributed by atoms with Crippen molar-refractivity contribution in [3.63, 3.8) is 0 Å². The molecule has 0 fully saturated rings. The molecule has 0 saturated carbocycles. The molecule has 0 amide bonds. The number of rotatable bonds is 1. The van der Waals surface area contributed by atoms with Crippen LogP contribution in [-0.2, 0) is 19.3 Å². The zero-order valence-electron chi connectivity index (χ0n) is 16.3. The Balaban J connectivity index is 1.49. The maximum absolute atomic E-state index is 3.84. The minimum Gasteiger partial charge on any atom is -0.0616 e. The van der Waals surface area contributed by atoms with E-state index in [0.717, 1.165) is 0 Å². The molecule has 137 valence electrons. The Morgan fingerprint density at radius 1 is 0.679 bits per heavy atom. The van der Waals surface area contributed by atoms with Gasteiger partial charge in [-0.25, -0.2) is 0 Å². The summed E-state index contributed by atoms with van der Waals surface area (Å²) in [7, 11) is 0. The summed E-state index contributed by atoms with van der Waals surface area (Å²) in [5, 5.41) is 5.57. The van der Waals surface area contributed by atoms with Gasteiger partial charge >= 0.3 is 0 Å². The highest BCUT2D eigenvalue weighted by Crippen LogP contribution is 2.41. The molecule has 0 saturated heterocycles. The third kappa shape index (κ3) is 2.51. The fourth-order valence-corrected chi connectivity index (χ4v) is 5.65. The summed E-state index contributed by atoms with van der Waals surface area (Å²) in [5.41, 5.74) is 7.61. The Hall–Kier alpha value is -2.60. The second-order valence-corrected chi connectivity index (χ2v) is 8.58. The first kappa shape index (κ1) is 16.4. The molecule has 6 rings (SSSR count). The van der Waals surface area contributed by atoms with Crippen molar-refractivity contribution < 1.29 is 0 Å². The molecule has 0 N–H and O–H groups in total. The molecule has 0 aliphatic heterocycles. The Morgan fingerprint density at radius 3 is 2.57 bits per heavy atom. The summed E-state index contributed by atoms with van der Waals surface area (Å²) in [5.74, 6) is 0.480. The van der Waals surface area contributed by atoms with Crippen LogP contribution in [0.5, 0.6) is 0 Å². The van der Waals surface area contributed by atoms with Gasteiger partial charge in [0, 0.05) is 5.92 Å². The normalized spacial score (nSPS) is 18.8. The predicted octanol–water partition coefficient (Wildman–Crippen LogP) is 7.14. The lowest BCUT2D eigenvalue weighted by Gasteiger charge is -2.27. The molecule has 0 bridgehead atoms. The number of hydrogen-bond acceptors (Lipinski definition) is 0. The molecule has 2 aliphatic carbocycles. The minimum absolute atomic E-state index is 0.480. The van der Waals surface area contributed by atoms with Crippen molar-refractivity contribution in [2.24, 2.45) is 0 Å². The van der Waals surface area contributed by atoms with Gasteiger partial charge in [0.2, 0.25) is 0 Å². The van der Waals surface area contributed by atoms with E-state index in [0.29, 0.717) is 5.92 Å². The Bertz CT molecular complexity index is 1200. The van der Waals surface area contributed by atoms with Crippen molar-refractivity contribution in [3.8, 4) is 0 Å². The second-order valence-electron chi connectivity index (χ2n) is 8.58. The van der Waals surface area contributed by atoms with Crippen LogP contribution in [0, 0.1) is 6.07 Å². The van der Waals surface area contributed by atoms with Gasteiger partial charge in [-0.3, -0.25) is 0 Å². The predicted molar refractivity (Wildman–Crippen MR) is 118 cm³/mol. The quantitative estimate of drug-likeness (QED) is 0.338. The van der Waals surface area contributed by atoms with E-state index in [1.165, 1.54) is 77.6 Å². The zero-order valence-corrected chi connectivity index (χ0v) is 16.3. The number of hydrogen-bond donors (Lipinski definition) is 0. The van der Waals surface area contributed by atoms with Crippen molar-refractivity contribution in [1.29, 1.82) is 0 Å². The van der Waals surface area contributed by atoms with Gasteiger partial charge in [-0.2, -0.15) is 0 Å². The van der Waals surface area contributed by atoms with Gasteiger partial charge in [-0.15, -0.1) is 0 Å². The van der Waals surface area contributed by atoms with Crippen LogP contribution in [0.15, 0.2) is 60.7 Å². The lowest BCUT2D eigenvalue weighted by molar-refractivity contribution is 0.619. The molecule has 1 radical (unpaired) electrons. The summed E-state index contributed by atoms with van der Waals surface area (Å²) in [6.45, 7) is 0.